The number of amides is 5. The van der Waals surface area contributed by atoms with Gasteiger partial charge >= 0.3 is 6.03 Å². The van der Waals surface area contributed by atoms with Crippen molar-refractivity contribution in [3.8, 4) is 0 Å². The van der Waals surface area contributed by atoms with Gasteiger partial charge in [0.2, 0.25) is 5.91 Å². The molecule has 0 spiro atoms. The van der Waals surface area contributed by atoms with Crippen molar-refractivity contribution in [3.63, 3.8) is 0 Å². The number of carbonyl (C=O) groups is 4. The lowest BCUT2D eigenvalue weighted by molar-refractivity contribution is -0.133. The first-order chi connectivity index (χ1) is 19.7. The van der Waals surface area contributed by atoms with E-state index in [4.69, 9.17) is 12.2 Å². The maximum Gasteiger partial charge on any atom is 0.318 e. The third-order valence-electron chi connectivity index (χ3n) is 7.98. The Morgan fingerprint density at radius 3 is 2.68 bits per heavy atom. The van der Waals surface area contributed by atoms with Gasteiger partial charge in [-0.15, -0.1) is 0 Å². The largest absolute Gasteiger partial charge is 0.339 e. The van der Waals surface area contributed by atoms with Gasteiger partial charge in [0.1, 0.15) is 6.04 Å². The first-order valence-corrected chi connectivity index (χ1v) is 14.5. The number of hydrogen-bond acceptors (Lipinski definition) is 6. The average Bonchev–Trinajstić information content (AvgIpc) is 3.16. The number of urea groups is 1. The fourth-order valence-corrected chi connectivity index (χ4v) is 5.94. The van der Waals surface area contributed by atoms with Crippen molar-refractivity contribution in [1.29, 1.82) is 0 Å². The molecule has 3 aliphatic heterocycles. The number of rotatable bonds is 4. The van der Waals surface area contributed by atoms with Crippen LogP contribution in [0.5, 0.6) is 0 Å². The smallest absolute Gasteiger partial charge is 0.318 e. The summed E-state index contributed by atoms with van der Waals surface area (Å²) in [5.41, 5.74) is 3.48. The number of nitrogens with zero attached hydrogens (tertiary/aromatic N) is 3. The van der Waals surface area contributed by atoms with E-state index in [-0.39, 0.29) is 49.2 Å². The van der Waals surface area contributed by atoms with Crippen LogP contribution in [-0.2, 0) is 16.1 Å². The van der Waals surface area contributed by atoms with Gasteiger partial charge in [0, 0.05) is 62.0 Å². The van der Waals surface area contributed by atoms with Gasteiger partial charge in [-0.2, -0.15) is 0 Å². The lowest BCUT2D eigenvalue weighted by Gasteiger charge is -2.29. The molecule has 41 heavy (non-hydrogen) atoms. The van der Waals surface area contributed by atoms with E-state index < -0.39 is 6.04 Å². The van der Waals surface area contributed by atoms with Crippen LogP contribution in [0.1, 0.15) is 41.3 Å². The molecule has 10 nitrogen and oxygen atoms in total. The van der Waals surface area contributed by atoms with Crippen LogP contribution >= 0.6 is 12.2 Å². The highest BCUT2D eigenvalue weighted by molar-refractivity contribution is 7.80. The third-order valence-corrected chi connectivity index (χ3v) is 8.61. The number of carbonyl (C=O) groups excluding carboxylic acids is 4. The molecule has 2 atom stereocenters. The summed E-state index contributed by atoms with van der Waals surface area (Å²) in [4.78, 5) is 58.0. The first kappa shape index (κ1) is 28.7. The minimum atomic E-state index is -0.739. The van der Waals surface area contributed by atoms with Crippen molar-refractivity contribution in [2.45, 2.75) is 39.3 Å². The molecule has 216 valence electrons. The molecule has 5 amide bonds. The molecule has 0 radical (unpaired) electrons. The zero-order chi connectivity index (χ0) is 29.1. The molecule has 5 rings (SSSR count). The van der Waals surface area contributed by atoms with Gasteiger partial charge in [-0.3, -0.25) is 14.4 Å². The van der Waals surface area contributed by atoms with Crippen LogP contribution in [0.4, 0.5) is 16.2 Å². The predicted octanol–water partition coefficient (Wildman–Crippen LogP) is 2.71. The van der Waals surface area contributed by atoms with Crippen LogP contribution < -0.4 is 20.9 Å². The number of likely N-dealkylation sites (tertiary alicyclic amines) is 1. The van der Waals surface area contributed by atoms with Crippen LogP contribution in [-0.4, -0.2) is 83.7 Å². The summed E-state index contributed by atoms with van der Waals surface area (Å²) < 4.78 is 0. The lowest BCUT2D eigenvalue weighted by Crippen LogP contribution is -2.53. The second-order valence-corrected chi connectivity index (χ2v) is 11.3. The Bertz CT molecular complexity index is 1370. The third kappa shape index (κ3) is 6.11. The Hall–Kier alpha value is -3.83. The molecule has 3 aliphatic rings. The summed E-state index contributed by atoms with van der Waals surface area (Å²) in [6, 6.07) is 11.6. The van der Waals surface area contributed by atoms with Crippen molar-refractivity contribution in [1.82, 2.24) is 20.4 Å². The molecular weight excluding hydrogens is 540 g/mol. The van der Waals surface area contributed by atoms with Gasteiger partial charge in [0.15, 0.2) is 0 Å². The molecule has 0 saturated carbocycles. The molecule has 2 aromatic carbocycles. The van der Waals surface area contributed by atoms with Gasteiger partial charge in [-0.1, -0.05) is 37.3 Å². The normalized spacial score (nSPS) is 21.1. The number of thiocarbonyl (C=S) groups is 1. The number of nitrogens with one attached hydrogen (secondary N) is 3. The summed E-state index contributed by atoms with van der Waals surface area (Å²) >= 11 is 5.63. The highest BCUT2D eigenvalue weighted by Gasteiger charge is 2.44. The summed E-state index contributed by atoms with van der Waals surface area (Å²) in [6.07, 6.45) is 1.07. The molecule has 0 aromatic heterocycles. The number of hydrogen-bond donors (Lipinski definition) is 3. The number of aryl methyl sites for hydroxylation is 1. The minimum Gasteiger partial charge on any atom is -0.339 e. The Labute approximate surface area is 245 Å². The zero-order valence-corrected chi connectivity index (χ0v) is 24.3. The number of anilines is 2. The number of benzene rings is 2. The monoisotopic (exact) mass is 576 g/mol. The van der Waals surface area contributed by atoms with Gasteiger partial charge in [-0.25, -0.2) is 4.79 Å². The van der Waals surface area contributed by atoms with E-state index in [2.05, 4.69) is 16.0 Å². The second-order valence-electron chi connectivity index (χ2n) is 10.9. The standard InChI is InChI=1S/C30H36N6O4S/c1-19-16-21(28(38)35-14-10-25(37)33-23-6-3-4-7-24(23)35)8-9-22(19)17-32-30(40)36-18-20(2)27(41)26(36)29(39)34-13-5-11-31-12-15-34/h3-4,6-9,16,20,26,31H,5,10-15,17-18H2,1-2H3,(H,32,40)(H,33,37)/t20?,26-/m0/s1. The molecule has 3 heterocycles. The van der Waals surface area contributed by atoms with Gasteiger partial charge in [-0.05, 0) is 55.3 Å². The Balaban J connectivity index is 1.26. The van der Waals surface area contributed by atoms with Gasteiger partial charge in [0.25, 0.3) is 11.8 Å². The quantitative estimate of drug-likeness (QED) is 0.483. The average molecular weight is 577 g/mol. The molecule has 2 saturated heterocycles. The summed E-state index contributed by atoms with van der Waals surface area (Å²) in [5, 5.41) is 9.12. The fraction of sp³-hybridized carbons (Fsp3) is 0.433. The van der Waals surface area contributed by atoms with E-state index in [0.29, 0.717) is 41.4 Å². The highest BCUT2D eigenvalue weighted by Crippen LogP contribution is 2.30. The maximum absolute atomic E-state index is 13.5. The molecule has 11 heteroatoms. The van der Waals surface area contributed by atoms with Crippen LogP contribution in [0, 0.1) is 12.8 Å². The molecule has 0 aliphatic carbocycles. The predicted molar refractivity (Wildman–Crippen MR) is 161 cm³/mol. The zero-order valence-electron chi connectivity index (χ0n) is 23.4. The molecule has 3 N–H and O–H groups in total. The van der Waals surface area contributed by atoms with E-state index in [1.54, 1.807) is 28.0 Å². The molecule has 2 fully saturated rings. The van der Waals surface area contributed by atoms with Crippen LogP contribution in [0.2, 0.25) is 0 Å². The summed E-state index contributed by atoms with van der Waals surface area (Å²) in [7, 11) is 0. The highest BCUT2D eigenvalue weighted by atomic mass is 32.1. The van der Waals surface area contributed by atoms with Crippen molar-refractivity contribution in [2.24, 2.45) is 5.92 Å². The Morgan fingerprint density at radius 2 is 1.88 bits per heavy atom. The Morgan fingerprint density at radius 1 is 1.07 bits per heavy atom. The van der Waals surface area contributed by atoms with E-state index in [0.717, 1.165) is 30.6 Å². The molecular formula is C30H36N6O4S. The van der Waals surface area contributed by atoms with Gasteiger partial charge in [0.05, 0.1) is 11.4 Å². The van der Waals surface area contributed by atoms with E-state index >= 15 is 0 Å². The Kier molecular flexibility index (Phi) is 8.65. The SMILES string of the molecule is Cc1cc(C(=O)N2CCC(=O)Nc3ccccc32)ccc1CNC(=O)N1CC(C)C(=S)[C@H]1C(=O)N1CCCNCC1. The van der Waals surface area contributed by atoms with E-state index in [9.17, 15) is 19.2 Å². The van der Waals surface area contributed by atoms with Gasteiger partial charge < -0.3 is 30.7 Å². The van der Waals surface area contributed by atoms with Crippen LogP contribution in [0.15, 0.2) is 42.5 Å². The number of fused-ring (bicyclic) bond motifs is 1. The summed E-state index contributed by atoms with van der Waals surface area (Å²) in [6.45, 7) is 7.61. The van der Waals surface area contributed by atoms with Crippen molar-refractivity contribution < 1.29 is 19.2 Å². The summed E-state index contributed by atoms with van der Waals surface area (Å²) in [5.74, 6) is -0.478. The van der Waals surface area contributed by atoms with Crippen molar-refractivity contribution in [2.75, 3.05) is 49.5 Å². The fourth-order valence-electron chi connectivity index (χ4n) is 5.64. The van der Waals surface area contributed by atoms with Crippen molar-refractivity contribution >= 4 is 52.2 Å². The van der Waals surface area contributed by atoms with Crippen LogP contribution in [0.3, 0.4) is 0 Å². The van der Waals surface area contributed by atoms with Crippen molar-refractivity contribution in [3.05, 3.63) is 59.2 Å². The number of para-hydroxylation sites is 2. The molecule has 1 unspecified atom stereocenters. The molecule has 2 aromatic rings. The minimum absolute atomic E-state index is 0.0450. The molecule has 0 bridgehead atoms. The first-order valence-electron chi connectivity index (χ1n) is 14.1. The second kappa shape index (κ2) is 12.4. The topological polar surface area (TPSA) is 114 Å². The lowest BCUT2D eigenvalue weighted by atomic mass is 10.0. The maximum atomic E-state index is 13.5. The van der Waals surface area contributed by atoms with E-state index in [1.165, 1.54) is 0 Å². The van der Waals surface area contributed by atoms with E-state index in [1.807, 2.05) is 43.0 Å². The van der Waals surface area contributed by atoms with Crippen LogP contribution in [0.25, 0.3) is 0 Å².